The van der Waals surface area contributed by atoms with Crippen LogP contribution in [0.4, 0.5) is 13.2 Å². The standard InChI is InChI=1S/C9H6F3IO3/c10-9(11,12)6-1-5(2-7(14)4-6)3-8(15)16-13/h1-2,4,14H,3H2. The van der Waals surface area contributed by atoms with Crippen molar-refractivity contribution in [1.82, 2.24) is 0 Å². The van der Waals surface area contributed by atoms with Crippen LogP contribution < -0.4 is 0 Å². The summed E-state index contributed by atoms with van der Waals surface area (Å²) in [6.45, 7) is 0. The largest absolute Gasteiger partial charge is 0.508 e. The van der Waals surface area contributed by atoms with Gasteiger partial charge in [-0.2, -0.15) is 13.2 Å². The molecule has 0 heterocycles. The van der Waals surface area contributed by atoms with Crippen LogP contribution in [0.15, 0.2) is 18.2 Å². The van der Waals surface area contributed by atoms with Gasteiger partial charge in [0.05, 0.1) is 12.0 Å². The number of halogens is 4. The summed E-state index contributed by atoms with van der Waals surface area (Å²) in [6.07, 6.45) is -4.87. The predicted molar refractivity (Wildman–Crippen MR) is 56.9 cm³/mol. The highest BCUT2D eigenvalue weighted by Gasteiger charge is 2.31. The molecule has 0 unspecified atom stereocenters. The van der Waals surface area contributed by atoms with Gasteiger partial charge in [-0.25, -0.2) is 0 Å². The minimum atomic E-state index is -4.55. The number of benzene rings is 1. The molecule has 0 atom stereocenters. The number of phenols is 1. The third-order valence-corrected chi connectivity index (χ3v) is 2.23. The molecule has 7 heteroatoms. The molecule has 0 bridgehead atoms. The molecule has 0 aliphatic rings. The minimum absolute atomic E-state index is 0.0500. The molecule has 1 N–H and O–H groups in total. The number of alkyl halides is 3. The van der Waals surface area contributed by atoms with Crippen molar-refractivity contribution in [1.29, 1.82) is 0 Å². The van der Waals surface area contributed by atoms with Crippen molar-refractivity contribution in [3.8, 4) is 5.75 Å². The first-order chi connectivity index (χ1) is 7.32. The molecular formula is C9H6F3IO3. The van der Waals surface area contributed by atoms with Crippen molar-refractivity contribution in [3.63, 3.8) is 0 Å². The molecule has 0 aromatic heterocycles. The summed E-state index contributed by atoms with van der Waals surface area (Å²) in [5.74, 6) is -1.22. The maximum atomic E-state index is 12.3. The molecule has 88 valence electrons. The lowest BCUT2D eigenvalue weighted by molar-refractivity contribution is -0.138. The van der Waals surface area contributed by atoms with Crippen molar-refractivity contribution in [2.45, 2.75) is 12.6 Å². The van der Waals surface area contributed by atoms with Gasteiger partial charge in [-0.3, -0.25) is 4.79 Å². The van der Waals surface area contributed by atoms with Gasteiger partial charge in [-0.15, -0.1) is 0 Å². The Balaban J connectivity index is 3.04. The first kappa shape index (κ1) is 13.1. The van der Waals surface area contributed by atoms with E-state index in [0.29, 0.717) is 6.07 Å². The minimum Gasteiger partial charge on any atom is -0.508 e. The van der Waals surface area contributed by atoms with Crippen LogP contribution >= 0.6 is 23.0 Å². The third-order valence-electron chi connectivity index (χ3n) is 1.74. The van der Waals surface area contributed by atoms with Gasteiger partial charge in [0.2, 0.25) is 0 Å². The fraction of sp³-hybridized carbons (Fsp3) is 0.222. The molecule has 0 radical (unpaired) electrons. The Morgan fingerprint density at radius 1 is 1.38 bits per heavy atom. The molecule has 1 rings (SSSR count). The lowest BCUT2D eigenvalue weighted by Crippen LogP contribution is -2.07. The monoisotopic (exact) mass is 346 g/mol. The summed E-state index contributed by atoms with van der Waals surface area (Å²) >= 11 is 1.34. The second-order valence-electron chi connectivity index (χ2n) is 3.01. The highest BCUT2D eigenvalue weighted by atomic mass is 127. The molecule has 0 fully saturated rings. The van der Waals surface area contributed by atoms with E-state index in [0.717, 1.165) is 12.1 Å². The Labute approximate surface area is 103 Å². The van der Waals surface area contributed by atoms with E-state index in [1.54, 1.807) is 0 Å². The molecule has 0 spiro atoms. The fourth-order valence-electron chi connectivity index (χ4n) is 1.13. The van der Waals surface area contributed by atoms with Crippen LogP contribution in [0.3, 0.4) is 0 Å². The van der Waals surface area contributed by atoms with Gasteiger partial charge in [0.15, 0.2) is 23.0 Å². The summed E-state index contributed by atoms with van der Waals surface area (Å²) in [4.78, 5) is 10.9. The summed E-state index contributed by atoms with van der Waals surface area (Å²) < 4.78 is 41.3. The SMILES string of the molecule is O=C(Cc1cc(O)cc(C(F)(F)F)c1)OI. The predicted octanol–water partition coefficient (Wildman–Crippen LogP) is 2.85. The van der Waals surface area contributed by atoms with Crippen molar-refractivity contribution in [2.24, 2.45) is 0 Å². The van der Waals surface area contributed by atoms with E-state index >= 15 is 0 Å². The molecule has 0 amide bonds. The van der Waals surface area contributed by atoms with Crippen LogP contribution in [0.5, 0.6) is 5.75 Å². The summed E-state index contributed by atoms with van der Waals surface area (Å²) in [6, 6.07) is 2.48. The number of carbonyl (C=O) groups is 1. The molecule has 0 aliphatic heterocycles. The summed E-state index contributed by atoms with van der Waals surface area (Å²) in [7, 11) is 0. The molecule has 0 saturated carbocycles. The molecule has 1 aromatic rings. The van der Waals surface area contributed by atoms with Crippen molar-refractivity contribution >= 4 is 29.0 Å². The van der Waals surface area contributed by atoms with E-state index < -0.39 is 23.5 Å². The Bertz CT molecular complexity index is 403. The highest BCUT2D eigenvalue weighted by Crippen LogP contribution is 2.32. The quantitative estimate of drug-likeness (QED) is 0.838. The van der Waals surface area contributed by atoms with Gasteiger partial charge in [-0.1, -0.05) is 0 Å². The average Bonchev–Trinajstić information content (AvgIpc) is 2.15. The highest BCUT2D eigenvalue weighted by molar-refractivity contribution is 14.1. The Kier molecular flexibility index (Phi) is 4.00. The zero-order valence-corrected chi connectivity index (χ0v) is 9.87. The number of hydrogen-bond donors (Lipinski definition) is 1. The molecule has 1 aromatic carbocycles. The first-order valence-corrected chi connectivity index (χ1v) is 4.92. The van der Waals surface area contributed by atoms with Gasteiger partial charge in [0.1, 0.15) is 5.75 Å². The zero-order chi connectivity index (χ0) is 12.3. The Morgan fingerprint density at radius 3 is 2.50 bits per heavy atom. The molecule has 16 heavy (non-hydrogen) atoms. The van der Waals surface area contributed by atoms with Crippen molar-refractivity contribution < 1.29 is 26.1 Å². The van der Waals surface area contributed by atoms with Gasteiger partial charge < -0.3 is 8.17 Å². The van der Waals surface area contributed by atoms with Gasteiger partial charge >= 0.3 is 12.1 Å². The van der Waals surface area contributed by atoms with Crippen LogP contribution in [-0.4, -0.2) is 11.1 Å². The lowest BCUT2D eigenvalue weighted by Gasteiger charge is -2.09. The normalized spacial score (nSPS) is 11.2. The number of phenolic OH excluding ortho intramolecular Hbond substituents is 1. The van der Waals surface area contributed by atoms with Crippen LogP contribution in [-0.2, 0) is 20.5 Å². The van der Waals surface area contributed by atoms with E-state index in [4.69, 9.17) is 5.11 Å². The Hall–Kier alpha value is -0.990. The molecule has 0 aliphatic carbocycles. The van der Waals surface area contributed by atoms with Crippen LogP contribution in [0.25, 0.3) is 0 Å². The number of rotatable bonds is 2. The van der Waals surface area contributed by atoms with Crippen LogP contribution in [0, 0.1) is 0 Å². The van der Waals surface area contributed by atoms with E-state index in [2.05, 4.69) is 3.07 Å². The second-order valence-corrected chi connectivity index (χ2v) is 3.45. The van der Waals surface area contributed by atoms with E-state index in [1.807, 2.05) is 0 Å². The third kappa shape index (κ3) is 3.54. The van der Waals surface area contributed by atoms with Gasteiger partial charge in [0, 0.05) is 0 Å². The summed E-state index contributed by atoms with van der Waals surface area (Å²) in [5, 5.41) is 9.09. The second kappa shape index (κ2) is 4.89. The smallest absolute Gasteiger partial charge is 0.416 e. The lowest BCUT2D eigenvalue weighted by atomic mass is 10.1. The fourth-order valence-corrected chi connectivity index (χ4v) is 1.29. The molecule has 0 saturated heterocycles. The van der Waals surface area contributed by atoms with Crippen molar-refractivity contribution in [3.05, 3.63) is 29.3 Å². The van der Waals surface area contributed by atoms with Crippen LogP contribution in [0.2, 0.25) is 0 Å². The maximum absolute atomic E-state index is 12.3. The van der Waals surface area contributed by atoms with Crippen molar-refractivity contribution in [2.75, 3.05) is 0 Å². The summed E-state index contributed by atoms with van der Waals surface area (Å²) in [5.41, 5.74) is -0.947. The van der Waals surface area contributed by atoms with E-state index in [-0.39, 0.29) is 12.0 Å². The van der Waals surface area contributed by atoms with E-state index in [9.17, 15) is 18.0 Å². The van der Waals surface area contributed by atoms with E-state index in [1.165, 1.54) is 23.0 Å². The van der Waals surface area contributed by atoms with Crippen LogP contribution in [0.1, 0.15) is 11.1 Å². The number of aromatic hydroxyl groups is 1. The topological polar surface area (TPSA) is 46.5 Å². The Morgan fingerprint density at radius 2 is 2.00 bits per heavy atom. The molecule has 3 nitrogen and oxygen atoms in total. The van der Waals surface area contributed by atoms with Gasteiger partial charge in [-0.05, 0) is 23.8 Å². The first-order valence-electron chi connectivity index (χ1n) is 4.04. The molecular weight excluding hydrogens is 340 g/mol. The zero-order valence-electron chi connectivity index (χ0n) is 7.71. The van der Waals surface area contributed by atoms with Gasteiger partial charge in [0.25, 0.3) is 0 Å². The number of hydrogen-bond acceptors (Lipinski definition) is 3. The number of carbonyl (C=O) groups excluding carboxylic acids is 1. The average molecular weight is 346 g/mol. The maximum Gasteiger partial charge on any atom is 0.416 e.